The smallest absolute Gasteiger partial charge is 0.274 e. The van der Waals surface area contributed by atoms with Crippen molar-refractivity contribution in [3.8, 4) is 0 Å². The second-order valence-corrected chi connectivity index (χ2v) is 6.78. The monoisotopic (exact) mass is 396 g/mol. The summed E-state index contributed by atoms with van der Waals surface area (Å²) in [6.07, 6.45) is 6.64. The molecule has 0 atom stereocenters. The summed E-state index contributed by atoms with van der Waals surface area (Å²) in [5, 5.41) is 8.68. The lowest BCUT2D eigenvalue weighted by Gasteiger charge is -2.11. The molecule has 30 heavy (non-hydrogen) atoms. The van der Waals surface area contributed by atoms with E-state index in [1.54, 1.807) is 24.5 Å². The van der Waals surface area contributed by atoms with Gasteiger partial charge >= 0.3 is 0 Å². The van der Waals surface area contributed by atoms with Crippen molar-refractivity contribution in [3.05, 3.63) is 112 Å². The molecule has 6 nitrogen and oxygen atoms in total. The molecule has 2 heterocycles. The Morgan fingerprint density at radius 3 is 2.50 bits per heavy atom. The fourth-order valence-electron chi connectivity index (χ4n) is 3.17. The summed E-state index contributed by atoms with van der Waals surface area (Å²) in [6.45, 7) is 0.526. The highest BCUT2D eigenvalue weighted by atomic mass is 16.1. The minimum atomic E-state index is -0.227. The Labute approximate surface area is 173 Å². The van der Waals surface area contributed by atoms with Crippen LogP contribution < -0.4 is 10.9 Å². The third-order valence-corrected chi connectivity index (χ3v) is 4.66. The Kier molecular flexibility index (Phi) is 5.75. The molecule has 148 valence electrons. The maximum Gasteiger partial charge on any atom is 0.274 e. The molecule has 0 spiro atoms. The van der Waals surface area contributed by atoms with Gasteiger partial charge < -0.3 is 5.32 Å². The van der Waals surface area contributed by atoms with E-state index in [4.69, 9.17) is 0 Å². The van der Waals surface area contributed by atoms with Crippen LogP contribution in [-0.4, -0.2) is 20.7 Å². The third kappa shape index (κ3) is 4.50. The van der Waals surface area contributed by atoms with E-state index in [1.165, 1.54) is 10.8 Å². The number of pyridine rings is 1. The van der Waals surface area contributed by atoms with Crippen LogP contribution in [0.4, 0.5) is 0 Å². The van der Waals surface area contributed by atoms with E-state index >= 15 is 0 Å². The highest BCUT2D eigenvalue weighted by Gasteiger charge is 2.11. The summed E-state index contributed by atoms with van der Waals surface area (Å²) in [5.41, 5.74) is 2.29. The van der Waals surface area contributed by atoms with Gasteiger partial charge in [-0.1, -0.05) is 54.6 Å². The number of rotatable bonds is 6. The van der Waals surface area contributed by atoms with E-state index in [2.05, 4.69) is 15.4 Å². The maximum absolute atomic E-state index is 12.9. The zero-order valence-electron chi connectivity index (χ0n) is 16.2. The SMILES string of the molecule is O=C(/C=C/c1ccccc1)NCc1nn(Cc2cccnc2)c(=O)c2ccccc12. The molecule has 1 N–H and O–H groups in total. The predicted molar refractivity (Wildman–Crippen MR) is 117 cm³/mol. The Morgan fingerprint density at radius 1 is 0.967 bits per heavy atom. The molecule has 0 aliphatic carbocycles. The van der Waals surface area contributed by atoms with Crippen LogP contribution in [-0.2, 0) is 17.9 Å². The molecule has 0 bridgehead atoms. The average Bonchev–Trinajstić information content (AvgIpc) is 2.80. The largest absolute Gasteiger partial charge is 0.347 e. The highest BCUT2D eigenvalue weighted by molar-refractivity contribution is 5.92. The Morgan fingerprint density at radius 2 is 1.73 bits per heavy atom. The summed E-state index contributed by atoms with van der Waals surface area (Å²) in [4.78, 5) is 29.2. The van der Waals surface area contributed by atoms with Crippen molar-refractivity contribution in [2.24, 2.45) is 0 Å². The first kappa shape index (κ1) is 19.3. The van der Waals surface area contributed by atoms with Crippen LogP contribution in [0.15, 0.2) is 90.0 Å². The molecule has 0 saturated heterocycles. The number of carbonyl (C=O) groups excluding carboxylic acids is 1. The van der Waals surface area contributed by atoms with Gasteiger partial charge in [0.1, 0.15) is 0 Å². The molecule has 1 amide bonds. The third-order valence-electron chi connectivity index (χ3n) is 4.66. The van der Waals surface area contributed by atoms with Crippen molar-refractivity contribution in [2.45, 2.75) is 13.1 Å². The highest BCUT2D eigenvalue weighted by Crippen LogP contribution is 2.13. The van der Waals surface area contributed by atoms with Gasteiger partial charge in [-0.3, -0.25) is 14.6 Å². The van der Waals surface area contributed by atoms with Gasteiger partial charge in [0.25, 0.3) is 5.56 Å². The fourth-order valence-corrected chi connectivity index (χ4v) is 3.17. The van der Waals surface area contributed by atoms with E-state index in [9.17, 15) is 9.59 Å². The Balaban J connectivity index is 1.58. The van der Waals surface area contributed by atoms with Crippen molar-refractivity contribution in [2.75, 3.05) is 0 Å². The van der Waals surface area contributed by atoms with Crippen LogP contribution in [0.3, 0.4) is 0 Å². The lowest BCUT2D eigenvalue weighted by atomic mass is 10.1. The van der Waals surface area contributed by atoms with Crippen LogP contribution >= 0.6 is 0 Å². The number of aromatic nitrogens is 3. The number of amides is 1. The van der Waals surface area contributed by atoms with E-state index < -0.39 is 0 Å². The van der Waals surface area contributed by atoms with Gasteiger partial charge in [-0.2, -0.15) is 5.10 Å². The lowest BCUT2D eigenvalue weighted by molar-refractivity contribution is -0.116. The number of hydrogen-bond donors (Lipinski definition) is 1. The summed E-state index contributed by atoms with van der Waals surface area (Å²) >= 11 is 0. The predicted octanol–water partition coefficient (Wildman–Crippen LogP) is 3.17. The van der Waals surface area contributed by atoms with Crippen LogP contribution in [0.25, 0.3) is 16.8 Å². The van der Waals surface area contributed by atoms with E-state index in [-0.39, 0.29) is 18.0 Å². The van der Waals surface area contributed by atoms with Crippen molar-refractivity contribution in [1.29, 1.82) is 0 Å². The molecule has 4 rings (SSSR count). The van der Waals surface area contributed by atoms with Crippen molar-refractivity contribution >= 4 is 22.8 Å². The van der Waals surface area contributed by atoms with Crippen LogP contribution in [0, 0.1) is 0 Å². The quantitative estimate of drug-likeness (QED) is 0.508. The van der Waals surface area contributed by atoms with E-state index in [1.807, 2.05) is 60.7 Å². The molecule has 2 aromatic carbocycles. The summed E-state index contributed by atoms with van der Waals surface area (Å²) in [7, 11) is 0. The standard InChI is InChI=1S/C24H20N4O2/c29-23(13-12-18-7-2-1-3-8-18)26-16-22-20-10-4-5-11-21(20)24(30)28(27-22)17-19-9-6-14-25-15-19/h1-15H,16-17H2,(H,26,29)/b13-12+. The fraction of sp³-hybridized carbons (Fsp3) is 0.0833. The minimum Gasteiger partial charge on any atom is -0.347 e. The lowest BCUT2D eigenvalue weighted by Crippen LogP contribution is -2.28. The van der Waals surface area contributed by atoms with Gasteiger partial charge in [0.15, 0.2) is 0 Å². The van der Waals surface area contributed by atoms with Crippen molar-refractivity contribution in [3.63, 3.8) is 0 Å². The molecular formula is C24H20N4O2. The first-order valence-electron chi connectivity index (χ1n) is 9.59. The number of nitrogens with one attached hydrogen (secondary N) is 1. The maximum atomic E-state index is 12.9. The second-order valence-electron chi connectivity index (χ2n) is 6.78. The molecule has 4 aromatic rings. The summed E-state index contributed by atoms with van der Waals surface area (Å²) in [6, 6.07) is 20.6. The first-order valence-corrected chi connectivity index (χ1v) is 9.59. The van der Waals surface area contributed by atoms with E-state index in [0.29, 0.717) is 17.6 Å². The van der Waals surface area contributed by atoms with Crippen molar-refractivity contribution < 1.29 is 4.79 Å². The minimum absolute atomic E-state index is 0.173. The number of benzene rings is 2. The first-order chi connectivity index (χ1) is 14.7. The molecule has 0 unspecified atom stereocenters. The number of nitrogens with zero attached hydrogens (tertiary/aromatic N) is 3. The summed E-state index contributed by atoms with van der Waals surface area (Å²) in [5.74, 6) is -0.227. The Bertz CT molecular complexity index is 1250. The molecule has 0 aliphatic rings. The van der Waals surface area contributed by atoms with Crippen LogP contribution in [0.2, 0.25) is 0 Å². The molecule has 0 radical (unpaired) electrons. The Hall–Kier alpha value is -4.06. The topological polar surface area (TPSA) is 76.9 Å². The second kappa shape index (κ2) is 8.96. The number of hydrogen-bond acceptors (Lipinski definition) is 4. The molecular weight excluding hydrogens is 376 g/mol. The van der Waals surface area contributed by atoms with Gasteiger partial charge in [-0.15, -0.1) is 0 Å². The molecule has 2 aromatic heterocycles. The van der Waals surface area contributed by atoms with Crippen molar-refractivity contribution in [1.82, 2.24) is 20.1 Å². The van der Waals surface area contributed by atoms with Gasteiger partial charge in [0.2, 0.25) is 5.91 Å². The van der Waals surface area contributed by atoms with Gasteiger partial charge in [-0.25, -0.2) is 4.68 Å². The summed E-state index contributed by atoms with van der Waals surface area (Å²) < 4.78 is 1.42. The molecule has 0 saturated carbocycles. The molecule has 0 fully saturated rings. The van der Waals surface area contributed by atoms with Gasteiger partial charge in [-0.05, 0) is 29.3 Å². The number of carbonyl (C=O) groups is 1. The number of fused-ring (bicyclic) bond motifs is 1. The van der Waals surface area contributed by atoms with Gasteiger partial charge in [0.05, 0.1) is 24.2 Å². The molecule has 0 aliphatic heterocycles. The van der Waals surface area contributed by atoms with Crippen LogP contribution in [0.1, 0.15) is 16.8 Å². The zero-order valence-corrected chi connectivity index (χ0v) is 16.2. The van der Waals surface area contributed by atoms with Gasteiger partial charge in [0, 0.05) is 23.9 Å². The zero-order chi connectivity index (χ0) is 20.8. The molecule has 6 heteroatoms. The normalized spacial score (nSPS) is 11.1. The van der Waals surface area contributed by atoms with E-state index in [0.717, 1.165) is 16.5 Å². The van der Waals surface area contributed by atoms with Crippen LogP contribution in [0.5, 0.6) is 0 Å². The average molecular weight is 396 g/mol.